The van der Waals surface area contributed by atoms with Crippen LogP contribution in [0.2, 0.25) is 0 Å². The van der Waals surface area contributed by atoms with Crippen molar-refractivity contribution >= 4 is 21.6 Å². The average molecular weight is 281 g/mol. The van der Waals surface area contributed by atoms with E-state index in [4.69, 9.17) is 5.73 Å². The summed E-state index contributed by atoms with van der Waals surface area (Å²) in [7, 11) is 0. The summed E-state index contributed by atoms with van der Waals surface area (Å²) in [6.07, 6.45) is 0. The molecule has 0 bridgehead atoms. The lowest BCUT2D eigenvalue weighted by Crippen LogP contribution is -1.95. The van der Waals surface area contributed by atoms with Crippen molar-refractivity contribution in [3.63, 3.8) is 0 Å². The highest BCUT2D eigenvalue weighted by Gasteiger charge is 2.08. The lowest BCUT2D eigenvalue weighted by atomic mass is 10.1. The molecule has 0 unspecified atom stereocenters. The summed E-state index contributed by atoms with van der Waals surface area (Å²) >= 11 is 3.31. The number of aromatic nitrogens is 1. The van der Waals surface area contributed by atoms with Gasteiger partial charge in [-0.15, -0.1) is 0 Å². The summed E-state index contributed by atoms with van der Waals surface area (Å²) < 4.78 is 14.4. The van der Waals surface area contributed by atoms with Crippen molar-refractivity contribution in [1.82, 2.24) is 4.98 Å². The Bertz CT molecular complexity index is 541. The first-order valence-electron chi connectivity index (χ1n) is 4.76. The van der Waals surface area contributed by atoms with Crippen molar-refractivity contribution in [3.8, 4) is 11.3 Å². The van der Waals surface area contributed by atoms with Gasteiger partial charge in [0.15, 0.2) is 0 Å². The van der Waals surface area contributed by atoms with E-state index in [9.17, 15) is 4.39 Å². The molecule has 2 aromatic rings. The monoisotopic (exact) mass is 280 g/mol. The molecule has 0 aliphatic heterocycles. The number of anilines is 1. The predicted molar refractivity (Wildman–Crippen MR) is 66.5 cm³/mol. The molecule has 0 atom stereocenters. The molecule has 0 aliphatic carbocycles. The number of aryl methyl sites for hydroxylation is 1. The van der Waals surface area contributed by atoms with Crippen molar-refractivity contribution in [3.05, 3.63) is 46.3 Å². The van der Waals surface area contributed by atoms with E-state index in [0.717, 1.165) is 4.47 Å². The second-order valence-corrected chi connectivity index (χ2v) is 4.41. The molecule has 0 spiro atoms. The molecule has 4 heteroatoms. The molecule has 2 N–H and O–H groups in total. The molecule has 0 fully saturated rings. The maximum absolute atomic E-state index is 13.6. The van der Waals surface area contributed by atoms with Crippen LogP contribution in [0.15, 0.2) is 34.8 Å². The van der Waals surface area contributed by atoms with Crippen LogP contribution >= 0.6 is 15.9 Å². The lowest BCUT2D eigenvalue weighted by Gasteiger charge is -2.06. The molecular weight excluding hydrogens is 271 g/mol. The van der Waals surface area contributed by atoms with Gasteiger partial charge in [0.05, 0.1) is 17.1 Å². The van der Waals surface area contributed by atoms with Crippen LogP contribution < -0.4 is 5.73 Å². The van der Waals surface area contributed by atoms with Crippen molar-refractivity contribution < 1.29 is 4.39 Å². The Balaban J connectivity index is 2.58. The fourth-order valence-electron chi connectivity index (χ4n) is 1.42. The van der Waals surface area contributed by atoms with Crippen LogP contribution in [0, 0.1) is 12.7 Å². The number of rotatable bonds is 1. The van der Waals surface area contributed by atoms with E-state index in [2.05, 4.69) is 20.9 Å². The van der Waals surface area contributed by atoms with Crippen molar-refractivity contribution in [2.24, 2.45) is 0 Å². The number of hydrogen-bond acceptors (Lipinski definition) is 2. The average Bonchev–Trinajstić information content (AvgIpc) is 2.26. The minimum absolute atomic E-state index is 0.292. The zero-order valence-electron chi connectivity index (χ0n) is 8.67. The van der Waals surface area contributed by atoms with Gasteiger partial charge in [0, 0.05) is 10.0 Å². The molecule has 16 heavy (non-hydrogen) atoms. The first kappa shape index (κ1) is 11.1. The lowest BCUT2D eigenvalue weighted by molar-refractivity contribution is 0.630. The third-order valence-electron chi connectivity index (χ3n) is 2.33. The SMILES string of the molecule is Cc1nc(-c2cc(Br)ccc2F)ccc1N. The van der Waals surface area contributed by atoms with Gasteiger partial charge in [0.2, 0.25) is 0 Å². The van der Waals surface area contributed by atoms with Gasteiger partial charge in [-0.05, 0) is 37.3 Å². The Hall–Kier alpha value is -1.42. The fraction of sp³-hybridized carbons (Fsp3) is 0.0833. The van der Waals surface area contributed by atoms with Gasteiger partial charge in [0.25, 0.3) is 0 Å². The highest BCUT2D eigenvalue weighted by Crippen LogP contribution is 2.25. The van der Waals surface area contributed by atoms with E-state index in [0.29, 0.717) is 22.6 Å². The Morgan fingerprint density at radius 2 is 2.00 bits per heavy atom. The highest BCUT2D eigenvalue weighted by atomic mass is 79.9. The summed E-state index contributed by atoms with van der Waals surface area (Å²) in [5.74, 6) is -0.292. The molecule has 0 radical (unpaired) electrons. The molecule has 82 valence electrons. The highest BCUT2D eigenvalue weighted by molar-refractivity contribution is 9.10. The fourth-order valence-corrected chi connectivity index (χ4v) is 1.78. The van der Waals surface area contributed by atoms with Crippen molar-refractivity contribution in [2.75, 3.05) is 5.73 Å². The molecule has 2 rings (SSSR count). The first-order chi connectivity index (χ1) is 7.58. The molecule has 1 aromatic carbocycles. The minimum Gasteiger partial charge on any atom is -0.397 e. The Morgan fingerprint density at radius 1 is 1.25 bits per heavy atom. The summed E-state index contributed by atoms with van der Waals surface area (Å²) in [6, 6.07) is 8.22. The Morgan fingerprint density at radius 3 is 2.69 bits per heavy atom. The predicted octanol–water partition coefficient (Wildman–Crippen LogP) is 3.54. The molecule has 1 heterocycles. The third-order valence-corrected chi connectivity index (χ3v) is 2.82. The van der Waals surface area contributed by atoms with Crippen molar-refractivity contribution in [2.45, 2.75) is 6.92 Å². The van der Waals surface area contributed by atoms with Crippen LogP contribution in [0.1, 0.15) is 5.69 Å². The summed E-state index contributed by atoms with van der Waals surface area (Å²) in [6.45, 7) is 1.80. The van der Waals surface area contributed by atoms with Crippen LogP contribution in [-0.2, 0) is 0 Å². The molecule has 0 saturated heterocycles. The van der Waals surface area contributed by atoms with E-state index < -0.39 is 0 Å². The maximum atomic E-state index is 13.6. The standard InChI is InChI=1S/C12H10BrFN2/c1-7-11(15)4-5-12(16-7)9-6-8(13)2-3-10(9)14/h2-6H,15H2,1H3. The number of hydrogen-bond donors (Lipinski definition) is 1. The smallest absolute Gasteiger partial charge is 0.132 e. The number of nitrogens with zero attached hydrogens (tertiary/aromatic N) is 1. The largest absolute Gasteiger partial charge is 0.397 e. The molecule has 1 aromatic heterocycles. The van der Waals surface area contributed by atoms with Gasteiger partial charge in [0.1, 0.15) is 5.82 Å². The van der Waals surface area contributed by atoms with Gasteiger partial charge in [-0.2, -0.15) is 0 Å². The summed E-state index contributed by atoms with van der Waals surface area (Å²) in [5.41, 5.74) is 8.04. The van der Waals surface area contributed by atoms with E-state index in [1.165, 1.54) is 6.07 Å². The number of nitrogens with two attached hydrogens (primary N) is 1. The summed E-state index contributed by atoms with van der Waals surface area (Å²) in [5, 5.41) is 0. The second kappa shape index (κ2) is 4.22. The zero-order chi connectivity index (χ0) is 11.7. The molecule has 0 amide bonds. The van der Waals surface area contributed by atoms with Crippen LogP contribution in [0.4, 0.5) is 10.1 Å². The van der Waals surface area contributed by atoms with Crippen LogP contribution in [0.5, 0.6) is 0 Å². The molecule has 2 nitrogen and oxygen atoms in total. The minimum atomic E-state index is -0.292. The topological polar surface area (TPSA) is 38.9 Å². The van der Waals surface area contributed by atoms with Gasteiger partial charge < -0.3 is 5.73 Å². The zero-order valence-corrected chi connectivity index (χ0v) is 10.3. The van der Waals surface area contributed by atoms with E-state index in [-0.39, 0.29) is 5.82 Å². The molecule has 0 saturated carbocycles. The van der Waals surface area contributed by atoms with Crippen LogP contribution in [-0.4, -0.2) is 4.98 Å². The van der Waals surface area contributed by atoms with E-state index >= 15 is 0 Å². The van der Waals surface area contributed by atoms with Gasteiger partial charge in [-0.3, -0.25) is 4.98 Å². The van der Waals surface area contributed by atoms with Crippen LogP contribution in [0.25, 0.3) is 11.3 Å². The molecular formula is C12H10BrFN2. The first-order valence-corrected chi connectivity index (χ1v) is 5.56. The number of pyridine rings is 1. The van der Waals surface area contributed by atoms with E-state index in [1.54, 1.807) is 31.2 Å². The number of nitrogen functional groups attached to an aromatic ring is 1. The maximum Gasteiger partial charge on any atom is 0.132 e. The van der Waals surface area contributed by atoms with Gasteiger partial charge >= 0.3 is 0 Å². The van der Waals surface area contributed by atoms with Gasteiger partial charge in [-0.1, -0.05) is 15.9 Å². The number of halogens is 2. The quantitative estimate of drug-likeness (QED) is 0.868. The second-order valence-electron chi connectivity index (χ2n) is 3.50. The molecule has 0 aliphatic rings. The summed E-state index contributed by atoms with van der Waals surface area (Å²) in [4.78, 5) is 4.26. The Labute approximate surface area is 101 Å². The van der Waals surface area contributed by atoms with Gasteiger partial charge in [-0.25, -0.2) is 4.39 Å². The van der Waals surface area contributed by atoms with E-state index in [1.807, 2.05) is 0 Å². The number of benzene rings is 1. The van der Waals surface area contributed by atoms with Crippen molar-refractivity contribution in [1.29, 1.82) is 0 Å². The normalized spacial score (nSPS) is 10.4. The Kier molecular flexibility index (Phi) is 2.92. The third kappa shape index (κ3) is 2.07. The van der Waals surface area contributed by atoms with Crippen LogP contribution in [0.3, 0.4) is 0 Å².